The summed E-state index contributed by atoms with van der Waals surface area (Å²) in [6, 6.07) is 8.10. The molecule has 2 atom stereocenters. The Kier molecular flexibility index (Phi) is 6.14. The van der Waals surface area contributed by atoms with E-state index in [9.17, 15) is 4.79 Å². The van der Waals surface area contributed by atoms with Gasteiger partial charge < -0.3 is 9.72 Å². The minimum Gasteiger partial charge on any atom is -0.444 e. The minimum absolute atomic E-state index is 0.0921. The van der Waals surface area contributed by atoms with Gasteiger partial charge in [0.15, 0.2) is 0 Å². The molecule has 160 valence electrons. The van der Waals surface area contributed by atoms with Crippen LogP contribution in [0.1, 0.15) is 51.5 Å². The molecule has 0 bridgehead atoms. The van der Waals surface area contributed by atoms with E-state index in [2.05, 4.69) is 55.1 Å². The maximum atomic E-state index is 12.7. The fourth-order valence-corrected chi connectivity index (χ4v) is 3.99. The van der Waals surface area contributed by atoms with Gasteiger partial charge in [0.1, 0.15) is 19.5 Å². The molecule has 1 fully saturated rings. The van der Waals surface area contributed by atoms with Crippen molar-refractivity contribution in [3.8, 4) is 22.7 Å². The van der Waals surface area contributed by atoms with Crippen molar-refractivity contribution in [1.82, 2.24) is 14.9 Å². The molecule has 1 aliphatic heterocycles. The first-order valence-corrected chi connectivity index (χ1v) is 14.1. The van der Waals surface area contributed by atoms with Crippen molar-refractivity contribution >= 4 is 14.2 Å². The third-order valence-corrected chi connectivity index (χ3v) is 5.69. The highest BCUT2D eigenvalue weighted by molar-refractivity contribution is 6.83. The third kappa shape index (κ3) is 5.76. The van der Waals surface area contributed by atoms with Crippen LogP contribution in [0, 0.1) is 17.4 Å². The van der Waals surface area contributed by atoms with E-state index in [-0.39, 0.29) is 12.1 Å². The number of benzene rings is 1. The van der Waals surface area contributed by atoms with Gasteiger partial charge in [0.2, 0.25) is 0 Å². The highest BCUT2D eigenvalue weighted by Crippen LogP contribution is 2.35. The van der Waals surface area contributed by atoms with Crippen molar-refractivity contribution in [2.75, 3.05) is 6.54 Å². The molecule has 5 nitrogen and oxygen atoms in total. The van der Waals surface area contributed by atoms with Crippen LogP contribution in [0.2, 0.25) is 19.6 Å². The number of rotatable bonds is 2. The van der Waals surface area contributed by atoms with Gasteiger partial charge in [0.05, 0.1) is 11.7 Å². The predicted molar refractivity (Wildman–Crippen MR) is 124 cm³/mol. The number of aromatic amines is 1. The van der Waals surface area contributed by atoms with Crippen LogP contribution in [-0.2, 0) is 4.74 Å². The van der Waals surface area contributed by atoms with Gasteiger partial charge >= 0.3 is 6.09 Å². The van der Waals surface area contributed by atoms with Crippen molar-refractivity contribution in [1.29, 1.82) is 0 Å². The summed E-state index contributed by atoms with van der Waals surface area (Å²) in [6.45, 7) is 15.2. The van der Waals surface area contributed by atoms with Crippen molar-refractivity contribution in [2.24, 2.45) is 5.92 Å². The van der Waals surface area contributed by atoms with E-state index in [4.69, 9.17) is 9.72 Å². The second-order valence-corrected chi connectivity index (χ2v) is 15.0. The van der Waals surface area contributed by atoms with Crippen molar-refractivity contribution < 1.29 is 9.53 Å². The molecule has 0 saturated carbocycles. The van der Waals surface area contributed by atoms with Crippen LogP contribution in [0.4, 0.5) is 4.79 Å². The van der Waals surface area contributed by atoms with Crippen molar-refractivity contribution in [2.45, 2.75) is 65.4 Å². The van der Waals surface area contributed by atoms with Gasteiger partial charge in [-0.05, 0) is 45.2 Å². The number of amides is 1. The molecule has 1 aliphatic rings. The molecule has 0 aliphatic carbocycles. The number of hydrogen-bond acceptors (Lipinski definition) is 3. The lowest BCUT2D eigenvalue weighted by Crippen LogP contribution is -2.37. The van der Waals surface area contributed by atoms with Crippen LogP contribution in [0.3, 0.4) is 0 Å². The average Bonchev–Trinajstić information content (AvgIpc) is 3.25. The van der Waals surface area contributed by atoms with Gasteiger partial charge in [-0.1, -0.05) is 44.6 Å². The Balaban J connectivity index is 1.78. The molecule has 0 radical (unpaired) electrons. The van der Waals surface area contributed by atoms with Crippen LogP contribution in [-0.4, -0.2) is 41.2 Å². The molecule has 6 heteroatoms. The molecule has 2 aromatic rings. The highest BCUT2D eigenvalue weighted by atomic mass is 28.3. The molecule has 1 amide bonds. The quantitative estimate of drug-likeness (QED) is 0.503. The zero-order chi connectivity index (χ0) is 22.1. The minimum atomic E-state index is -1.39. The molecule has 1 N–H and O–H groups in total. The van der Waals surface area contributed by atoms with E-state index in [1.807, 2.05) is 39.1 Å². The Hall–Kier alpha value is -2.52. The fraction of sp³-hybridized carbons (Fsp3) is 0.500. The molecule has 2 heterocycles. The third-order valence-electron chi connectivity index (χ3n) is 4.81. The van der Waals surface area contributed by atoms with Gasteiger partial charge in [-0.2, -0.15) is 0 Å². The topological polar surface area (TPSA) is 58.2 Å². The summed E-state index contributed by atoms with van der Waals surface area (Å²) in [5.74, 6) is 4.49. The molecule has 1 saturated heterocycles. The lowest BCUT2D eigenvalue weighted by atomic mass is 10.1. The summed E-state index contributed by atoms with van der Waals surface area (Å²) in [6.07, 6.45) is 2.51. The summed E-state index contributed by atoms with van der Waals surface area (Å²) in [5.41, 5.74) is 5.81. The molecule has 1 aromatic heterocycles. The van der Waals surface area contributed by atoms with Crippen LogP contribution >= 0.6 is 0 Å². The summed E-state index contributed by atoms with van der Waals surface area (Å²) >= 11 is 0. The molecule has 0 spiro atoms. The van der Waals surface area contributed by atoms with Crippen LogP contribution < -0.4 is 0 Å². The number of carbonyl (C=O) groups excluding carboxylic acids is 1. The zero-order valence-corrected chi connectivity index (χ0v) is 20.2. The number of aromatic nitrogens is 2. The Morgan fingerprint density at radius 2 is 1.90 bits per heavy atom. The van der Waals surface area contributed by atoms with Crippen LogP contribution in [0.15, 0.2) is 30.5 Å². The van der Waals surface area contributed by atoms with Gasteiger partial charge in [0, 0.05) is 23.9 Å². The number of ether oxygens (including phenoxy) is 1. The Morgan fingerprint density at radius 3 is 2.50 bits per heavy atom. The molecule has 1 aromatic carbocycles. The number of hydrogen-bond donors (Lipinski definition) is 1. The first-order valence-electron chi connectivity index (χ1n) is 10.6. The number of carbonyl (C=O) groups is 1. The fourth-order valence-electron chi connectivity index (χ4n) is 3.47. The molecule has 0 unspecified atom stereocenters. The van der Waals surface area contributed by atoms with E-state index in [1.54, 1.807) is 4.90 Å². The van der Waals surface area contributed by atoms with Crippen LogP contribution in [0.25, 0.3) is 11.3 Å². The number of likely N-dealkylation sites (tertiary alicyclic amines) is 1. The second kappa shape index (κ2) is 8.31. The van der Waals surface area contributed by atoms with Crippen LogP contribution in [0.5, 0.6) is 0 Å². The number of nitrogens with zero attached hydrogens (tertiary/aromatic N) is 2. The summed E-state index contributed by atoms with van der Waals surface area (Å²) in [7, 11) is -1.39. The van der Waals surface area contributed by atoms with E-state index >= 15 is 0 Å². The monoisotopic (exact) mass is 423 g/mol. The van der Waals surface area contributed by atoms with Crippen molar-refractivity contribution in [3.05, 3.63) is 41.9 Å². The molecule has 30 heavy (non-hydrogen) atoms. The summed E-state index contributed by atoms with van der Waals surface area (Å²) in [4.78, 5) is 22.6. The summed E-state index contributed by atoms with van der Waals surface area (Å²) < 4.78 is 5.61. The molecular formula is C24H33N3O2Si. The van der Waals surface area contributed by atoms with Gasteiger partial charge in [-0.25, -0.2) is 9.78 Å². The van der Waals surface area contributed by atoms with Crippen molar-refractivity contribution in [3.63, 3.8) is 0 Å². The van der Waals surface area contributed by atoms with E-state index in [0.29, 0.717) is 12.5 Å². The first kappa shape index (κ1) is 22.2. The van der Waals surface area contributed by atoms with E-state index in [1.165, 1.54) is 0 Å². The SMILES string of the molecule is C[C@H]1C[C@@H](c2nc(-c3ccc(C#C[Si](C)(C)C)cc3)c[nH]2)N(C(=O)OC(C)(C)C)C1. The van der Waals surface area contributed by atoms with Gasteiger partial charge in [-0.15, -0.1) is 5.54 Å². The standard InChI is InChI=1S/C24H33N3O2Si/c1-17-14-21(27(16-17)23(28)29-24(2,3)4)22-25-15-20(26-22)19-10-8-18(9-11-19)12-13-30(5,6)7/h8-11,15,17,21H,14,16H2,1-7H3,(H,25,26)/t17-,21-/m0/s1. The number of nitrogens with one attached hydrogen (secondary N) is 1. The number of imidazole rings is 1. The maximum absolute atomic E-state index is 12.7. The smallest absolute Gasteiger partial charge is 0.410 e. The molecule has 3 rings (SSSR count). The van der Waals surface area contributed by atoms with Gasteiger partial charge in [0.25, 0.3) is 0 Å². The normalized spacial score (nSPS) is 19.4. The largest absolute Gasteiger partial charge is 0.444 e. The summed E-state index contributed by atoms with van der Waals surface area (Å²) in [5, 5.41) is 0. The van der Waals surface area contributed by atoms with E-state index < -0.39 is 13.7 Å². The Morgan fingerprint density at radius 1 is 1.23 bits per heavy atom. The first-order chi connectivity index (χ1) is 13.9. The average molecular weight is 424 g/mol. The van der Waals surface area contributed by atoms with Gasteiger partial charge in [-0.3, -0.25) is 4.90 Å². The Bertz CT molecular complexity index is 955. The lowest BCUT2D eigenvalue weighted by Gasteiger charge is -2.27. The predicted octanol–water partition coefficient (Wildman–Crippen LogP) is 5.62. The maximum Gasteiger partial charge on any atom is 0.410 e. The zero-order valence-electron chi connectivity index (χ0n) is 19.2. The highest BCUT2D eigenvalue weighted by Gasteiger charge is 2.38. The second-order valence-electron chi connectivity index (χ2n) is 10.2. The lowest BCUT2D eigenvalue weighted by molar-refractivity contribution is 0.0214. The van der Waals surface area contributed by atoms with E-state index in [0.717, 1.165) is 29.1 Å². The Labute approximate surface area is 181 Å². The number of H-pyrrole nitrogens is 1. The molecular weight excluding hydrogens is 390 g/mol.